The molecular weight excluding hydrogens is 925 g/mol. The van der Waals surface area contributed by atoms with Gasteiger partial charge in [0.2, 0.25) is 0 Å². The predicted molar refractivity (Wildman–Crippen MR) is 356 cm³/mol. The highest BCUT2D eigenvalue weighted by Gasteiger charge is 2.00. The minimum atomic E-state index is 0. The average molecular weight is 1050 g/mol. The summed E-state index contributed by atoms with van der Waals surface area (Å²) < 4.78 is 3.46. The fourth-order valence-electron chi connectivity index (χ4n) is 3.91. The first-order chi connectivity index (χ1) is 36.1. The fraction of sp³-hybridized carbons (Fsp3) is 0.429. The van der Waals surface area contributed by atoms with Crippen LogP contribution in [0.1, 0.15) is 232 Å². The lowest BCUT2D eigenvalue weighted by Gasteiger charge is -1.91. The summed E-state index contributed by atoms with van der Waals surface area (Å²) in [5.41, 5.74) is 5.18. The molecule has 0 N–H and O–H groups in total. The molecule has 0 amide bonds. The largest absolute Gasteiger partial charge is 0.234 e. The first kappa shape index (κ1) is 95.1. The standard InChI is InChI=1S/2C14H9N3.2C6H6.3C3H8.9C2H6.3CH4.H2/c2*1-2-5-12(6-3-1)8-9-13-11-15-14-7-4-10-16-17(13)14;2*1-2-4-6-5-3-1;3*1-3-2;9*1-2;;;;/h2*1-7,10-11H;2*1-6H;3*3H2,1-2H3;9*1-2H3;3*1H4;1H/i;;;;;;;;;;;;;;;;;;;1+1. The van der Waals surface area contributed by atoms with E-state index in [1.165, 1.54) is 19.3 Å². The number of fused-ring (bicyclic) bond motifs is 2. The average Bonchev–Trinajstić information content (AvgIpc) is 4.13. The Labute approximate surface area is 476 Å². The van der Waals surface area contributed by atoms with Gasteiger partial charge in [0.15, 0.2) is 11.3 Å². The SMILES string of the molecule is C.C.C.C(#Cc1cnc2cccnn12)c1ccccc1.C(#Cc1cnc2cccnn12)c1ccccc1.CC.CC.CC.CC.CC.CC.CC.CC.CC.CCC.CCC.CCC.[2HH].c1ccccc1.c1ccccc1. The van der Waals surface area contributed by atoms with Crippen molar-refractivity contribution in [2.45, 2.75) is 208 Å². The number of imidazole rings is 2. The van der Waals surface area contributed by atoms with Gasteiger partial charge in [0.05, 0.1) is 12.4 Å². The lowest BCUT2D eigenvalue weighted by Crippen LogP contribution is -1.92. The van der Waals surface area contributed by atoms with Gasteiger partial charge in [-0.05, 0) is 60.4 Å². The number of benzene rings is 4. The second kappa shape index (κ2) is 91.0. The molecule has 0 unspecified atom stereocenters. The van der Waals surface area contributed by atoms with E-state index >= 15 is 0 Å². The van der Waals surface area contributed by atoms with Crippen molar-refractivity contribution < 1.29 is 1.43 Å². The zero-order valence-corrected chi connectivity index (χ0v) is 51.1. The van der Waals surface area contributed by atoms with E-state index < -0.39 is 0 Å². The summed E-state index contributed by atoms with van der Waals surface area (Å²) in [5, 5.41) is 8.41. The molecule has 0 fully saturated rings. The number of hydrogen-bond donors (Lipinski definition) is 0. The topological polar surface area (TPSA) is 60.4 Å². The van der Waals surface area contributed by atoms with Gasteiger partial charge in [-0.15, -0.1) is 0 Å². The van der Waals surface area contributed by atoms with Gasteiger partial charge in [0, 0.05) is 24.9 Å². The van der Waals surface area contributed by atoms with Crippen molar-refractivity contribution >= 4 is 11.3 Å². The second-order valence-electron chi connectivity index (χ2n) is 11.5. The zero-order chi connectivity index (χ0) is 57.6. The van der Waals surface area contributed by atoms with Crippen LogP contribution < -0.4 is 0 Å². The van der Waals surface area contributed by atoms with Crippen molar-refractivity contribution in [2.24, 2.45) is 0 Å². The molecule has 0 spiro atoms. The van der Waals surface area contributed by atoms with Gasteiger partial charge in [-0.1, -0.05) is 329 Å². The normalized spacial score (nSPS) is 7.11. The molecule has 0 bridgehead atoms. The fourth-order valence-corrected chi connectivity index (χ4v) is 3.91. The molecule has 0 saturated heterocycles. The summed E-state index contributed by atoms with van der Waals surface area (Å²) >= 11 is 0. The maximum Gasteiger partial charge on any atom is 0.154 e. The van der Waals surface area contributed by atoms with Gasteiger partial charge in [0.1, 0.15) is 11.4 Å². The Balaban J connectivity index is -0.0000000652. The summed E-state index contributed by atoms with van der Waals surface area (Å²) in [6, 6.07) is 51.2. The van der Waals surface area contributed by atoms with Crippen LogP contribution in [0.25, 0.3) is 11.3 Å². The first-order valence-corrected chi connectivity index (χ1v) is 27.8. The van der Waals surface area contributed by atoms with E-state index in [0.717, 1.165) is 33.8 Å². The van der Waals surface area contributed by atoms with E-state index in [4.69, 9.17) is 0 Å². The minimum absolute atomic E-state index is 0. The molecule has 0 radical (unpaired) electrons. The highest BCUT2D eigenvalue weighted by Crippen LogP contribution is 2.04. The van der Waals surface area contributed by atoms with Crippen molar-refractivity contribution in [1.29, 1.82) is 0 Å². The van der Waals surface area contributed by atoms with E-state index in [9.17, 15) is 0 Å². The van der Waals surface area contributed by atoms with E-state index in [1.54, 1.807) is 33.8 Å². The second-order valence-corrected chi connectivity index (χ2v) is 11.5. The molecule has 76 heavy (non-hydrogen) atoms. The smallest absolute Gasteiger partial charge is 0.154 e. The Morgan fingerprint density at radius 1 is 0.303 bits per heavy atom. The Kier molecular flexibility index (Phi) is 114. The van der Waals surface area contributed by atoms with Crippen LogP contribution in [0.15, 0.2) is 183 Å². The third-order valence-electron chi connectivity index (χ3n) is 6.11. The summed E-state index contributed by atoms with van der Waals surface area (Å²) in [6.07, 6.45) is 10.7. The molecule has 4 aromatic heterocycles. The molecule has 0 aliphatic heterocycles. The molecule has 0 atom stereocenters. The molecule has 0 aliphatic carbocycles. The van der Waals surface area contributed by atoms with Crippen molar-refractivity contribution in [1.82, 2.24) is 29.2 Å². The highest BCUT2D eigenvalue weighted by molar-refractivity contribution is 5.47. The molecule has 4 heterocycles. The maximum absolute atomic E-state index is 4.23. The lowest BCUT2D eigenvalue weighted by molar-refractivity contribution is 0.923. The van der Waals surface area contributed by atoms with Gasteiger partial charge >= 0.3 is 0 Å². The van der Waals surface area contributed by atoms with E-state index in [-0.39, 0.29) is 23.7 Å². The van der Waals surface area contributed by atoms with Crippen LogP contribution >= 0.6 is 0 Å². The quantitative estimate of drug-likeness (QED) is 0.142. The van der Waals surface area contributed by atoms with Crippen molar-refractivity contribution in [3.63, 3.8) is 0 Å². The lowest BCUT2D eigenvalue weighted by atomic mass is 10.2. The maximum atomic E-state index is 4.23. The van der Waals surface area contributed by atoms with Crippen LogP contribution in [0, 0.1) is 23.7 Å². The van der Waals surface area contributed by atoms with Crippen molar-refractivity contribution in [2.75, 3.05) is 0 Å². The predicted octanol–water partition coefficient (Wildman–Crippen LogP) is 23.3. The van der Waals surface area contributed by atoms with E-state index in [1.807, 2.05) is 282 Å². The van der Waals surface area contributed by atoms with Crippen LogP contribution in [0.3, 0.4) is 0 Å². The molecule has 6 nitrogen and oxygen atoms in total. The number of rotatable bonds is 0. The number of aromatic nitrogens is 6. The Morgan fingerprint density at radius 2 is 0.500 bits per heavy atom. The third-order valence-corrected chi connectivity index (χ3v) is 6.11. The Bertz CT molecular complexity index is 2000. The molecule has 6 heteroatoms. The van der Waals surface area contributed by atoms with Crippen LogP contribution in [0.5, 0.6) is 0 Å². The summed E-state index contributed by atoms with van der Waals surface area (Å²) in [7, 11) is 0. The van der Waals surface area contributed by atoms with Gasteiger partial charge < -0.3 is 0 Å². The monoisotopic (exact) mass is 1050 g/mol. The number of hydrogen-bond acceptors (Lipinski definition) is 4. The zero-order valence-electron chi connectivity index (χ0n) is 51.1. The molecule has 8 aromatic rings. The van der Waals surface area contributed by atoms with Crippen LogP contribution in [-0.4, -0.2) is 29.2 Å². The van der Waals surface area contributed by atoms with Gasteiger partial charge in [-0.3, -0.25) is 0 Å². The number of nitrogens with zero attached hydrogens (tertiary/aromatic N) is 6. The van der Waals surface area contributed by atoms with E-state index in [2.05, 4.69) is 85.4 Å². The molecule has 8 rings (SSSR count). The van der Waals surface area contributed by atoms with Gasteiger partial charge in [-0.2, -0.15) is 10.2 Å². The molecule has 432 valence electrons. The first-order valence-electron chi connectivity index (χ1n) is 27.8. The third kappa shape index (κ3) is 58.1. The summed E-state index contributed by atoms with van der Waals surface area (Å²) in [6.45, 7) is 48.8. The van der Waals surface area contributed by atoms with Crippen LogP contribution in [0.4, 0.5) is 0 Å². The van der Waals surface area contributed by atoms with Crippen LogP contribution in [0.2, 0.25) is 0 Å². The van der Waals surface area contributed by atoms with E-state index in [0.29, 0.717) is 0 Å². The molecule has 0 aliphatic rings. The highest BCUT2D eigenvalue weighted by atomic mass is 15.3. The Hall–Kier alpha value is -6.76. The molecule has 4 aromatic carbocycles. The summed E-state index contributed by atoms with van der Waals surface area (Å²) in [4.78, 5) is 8.46. The Morgan fingerprint density at radius 3 is 0.711 bits per heavy atom. The summed E-state index contributed by atoms with van der Waals surface area (Å²) in [5.74, 6) is 12.3. The van der Waals surface area contributed by atoms with Crippen molar-refractivity contribution in [3.05, 3.63) is 205 Å². The molecular formula is C70H122N6. The molecule has 0 saturated carbocycles. The van der Waals surface area contributed by atoms with Crippen LogP contribution in [-0.2, 0) is 0 Å². The van der Waals surface area contributed by atoms with Gasteiger partial charge in [-0.25, -0.2) is 19.0 Å². The van der Waals surface area contributed by atoms with Gasteiger partial charge in [0.25, 0.3) is 0 Å². The van der Waals surface area contributed by atoms with Crippen molar-refractivity contribution in [3.8, 4) is 23.7 Å². The minimum Gasteiger partial charge on any atom is -0.234 e.